The highest BCUT2D eigenvalue weighted by atomic mass is 14.3. The Morgan fingerprint density at radius 1 is 0.625 bits per heavy atom. The first kappa shape index (κ1) is 12.6. The average Bonchev–Trinajstić information content (AvgIpc) is 2.33. The van der Waals surface area contributed by atoms with Gasteiger partial charge in [0.1, 0.15) is 35.4 Å². The lowest BCUT2D eigenvalue weighted by molar-refractivity contribution is 1.40. The minimum Gasteiger partial charge on any atom is -0.192 e. The maximum atomic E-state index is 8.62. The molecular weight excluding hydrogens is 200 g/mol. The van der Waals surface area contributed by atoms with Crippen molar-refractivity contribution in [3.8, 4) is 49.0 Å². The highest BCUT2D eigenvalue weighted by Gasteiger charge is 2.13. The van der Waals surface area contributed by atoms with Crippen molar-refractivity contribution in [1.82, 2.24) is 0 Å². The molecule has 0 spiro atoms. The standard InChI is InChI=1S/C12H2N4/c1-3-11(9(5-13)6-14)12(4-2)10(7-15)8-16/h1-2H. The van der Waals surface area contributed by atoms with Gasteiger partial charge in [0, 0.05) is 0 Å². The third kappa shape index (κ3) is 2.28. The van der Waals surface area contributed by atoms with Crippen molar-refractivity contribution in [3.05, 3.63) is 22.3 Å². The molecule has 0 aromatic heterocycles. The molecule has 4 heteroatoms. The van der Waals surface area contributed by atoms with E-state index in [0.717, 1.165) is 0 Å². The number of terminal acetylenes is 2. The molecule has 0 rings (SSSR count). The Bertz CT molecular complexity index is 529. The smallest absolute Gasteiger partial charge is 0.146 e. The molecule has 0 fully saturated rings. The Balaban J connectivity index is 6.31. The fraction of sp³-hybridized carbons (Fsp3) is 0. The van der Waals surface area contributed by atoms with E-state index in [1.807, 2.05) is 11.8 Å². The van der Waals surface area contributed by atoms with Crippen LogP contribution in [0.5, 0.6) is 0 Å². The first-order valence-corrected chi connectivity index (χ1v) is 3.72. The molecule has 0 atom stereocenters. The summed E-state index contributed by atoms with van der Waals surface area (Å²) in [5.74, 6) is 4.07. The van der Waals surface area contributed by atoms with E-state index in [2.05, 4.69) is 0 Å². The van der Waals surface area contributed by atoms with Crippen LogP contribution in [0.1, 0.15) is 0 Å². The maximum absolute atomic E-state index is 8.62. The number of hydrogen-bond acceptors (Lipinski definition) is 4. The number of rotatable bonds is 1. The van der Waals surface area contributed by atoms with Gasteiger partial charge < -0.3 is 0 Å². The molecule has 0 radical (unpaired) electrons. The van der Waals surface area contributed by atoms with Gasteiger partial charge in [0.05, 0.1) is 11.1 Å². The zero-order valence-electron chi connectivity index (χ0n) is 7.94. The molecule has 0 aromatic carbocycles. The van der Waals surface area contributed by atoms with E-state index < -0.39 is 11.1 Å². The summed E-state index contributed by atoms with van der Waals surface area (Å²) in [4.78, 5) is 0. The second-order valence-corrected chi connectivity index (χ2v) is 2.24. The predicted octanol–water partition coefficient (Wildman–Crippen LogP) is 0.940. The molecule has 16 heavy (non-hydrogen) atoms. The van der Waals surface area contributed by atoms with Gasteiger partial charge in [0.15, 0.2) is 0 Å². The molecule has 0 amide bonds. The summed E-state index contributed by atoms with van der Waals surface area (Å²) in [5, 5.41) is 34.5. The summed E-state index contributed by atoms with van der Waals surface area (Å²) in [6.45, 7) is 0. The van der Waals surface area contributed by atoms with Gasteiger partial charge in [-0.15, -0.1) is 12.8 Å². The predicted molar refractivity (Wildman–Crippen MR) is 54.2 cm³/mol. The number of nitrogens with zero attached hydrogens (tertiary/aromatic N) is 4. The third-order valence-corrected chi connectivity index (χ3v) is 1.49. The lowest BCUT2D eigenvalue weighted by Crippen LogP contribution is -1.93. The summed E-state index contributed by atoms with van der Waals surface area (Å²) in [6, 6.07) is 6.19. The lowest BCUT2D eigenvalue weighted by Gasteiger charge is -1.97. The molecule has 0 aliphatic rings. The molecule has 0 saturated heterocycles. The number of hydrogen-bond donors (Lipinski definition) is 0. The topological polar surface area (TPSA) is 95.2 Å². The quantitative estimate of drug-likeness (QED) is 0.359. The number of allylic oxidation sites excluding steroid dienone is 4. The molecule has 0 aromatic rings. The van der Waals surface area contributed by atoms with Crippen LogP contribution in [0.15, 0.2) is 22.3 Å². The van der Waals surface area contributed by atoms with Gasteiger partial charge in [-0.2, -0.15) is 21.0 Å². The van der Waals surface area contributed by atoms with E-state index in [1.165, 1.54) is 0 Å². The minimum absolute atomic E-state index is 0.217. The van der Waals surface area contributed by atoms with Gasteiger partial charge in [-0.1, -0.05) is 11.8 Å². The SMILES string of the molecule is C#CC(=C(C#N)C#N)C(C#C)=C(C#N)C#N. The van der Waals surface area contributed by atoms with Crippen molar-refractivity contribution in [2.24, 2.45) is 0 Å². The average molecular weight is 202 g/mol. The Hall–Kier alpha value is -3.44. The Morgan fingerprint density at radius 2 is 0.875 bits per heavy atom. The van der Waals surface area contributed by atoms with Crippen LogP contribution in [0, 0.1) is 70.0 Å². The van der Waals surface area contributed by atoms with Crippen LogP contribution in [-0.4, -0.2) is 0 Å². The zero-order valence-corrected chi connectivity index (χ0v) is 7.94. The molecule has 0 aliphatic carbocycles. The number of nitriles is 4. The summed E-state index contributed by atoms with van der Waals surface area (Å²) < 4.78 is 0. The van der Waals surface area contributed by atoms with E-state index in [-0.39, 0.29) is 11.1 Å². The second kappa shape index (κ2) is 6.08. The van der Waals surface area contributed by atoms with Crippen LogP contribution in [0.25, 0.3) is 0 Å². The van der Waals surface area contributed by atoms with E-state index in [0.29, 0.717) is 0 Å². The Kier molecular flexibility index (Phi) is 4.77. The maximum Gasteiger partial charge on any atom is 0.146 e. The molecule has 4 nitrogen and oxygen atoms in total. The Labute approximate surface area is 92.9 Å². The van der Waals surface area contributed by atoms with E-state index >= 15 is 0 Å². The minimum atomic E-state index is -0.404. The Morgan fingerprint density at radius 3 is 1.00 bits per heavy atom. The molecule has 0 saturated carbocycles. The van der Waals surface area contributed by atoms with Crippen molar-refractivity contribution in [3.63, 3.8) is 0 Å². The molecule has 0 unspecified atom stereocenters. The highest BCUT2D eigenvalue weighted by molar-refractivity contribution is 5.67. The van der Waals surface area contributed by atoms with Crippen molar-refractivity contribution >= 4 is 0 Å². The lowest BCUT2D eigenvalue weighted by atomic mass is 9.98. The van der Waals surface area contributed by atoms with E-state index in [9.17, 15) is 0 Å². The fourth-order valence-electron chi connectivity index (χ4n) is 0.812. The second-order valence-electron chi connectivity index (χ2n) is 2.24. The van der Waals surface area contributed by atoms with Gasteiger partial charge in [-0.25, -0.2) is 0 Å². The van der Waals surface area contributed by atoms with Crippen LogP contribution >= 0.6 is 0 Å². The summed E-state index contributed by atoms with van der Waals surface area (Å²) in [6.07, 6.45) is 10.2. The van der Waals surface area contributed by atoms with Gasteiger partial charge in [0.25, 0.3) is 0 Å². The molecule has 70 valence electrons. The monoisotopic (exact) mass is 202 g/mol. The largest absolute Gasteiger partial charge is 0.192 e. The van der Waals surface area contributed by atoms with Crippen molar-refractivity contribution in [2.45, 2.75) is 0 Å². The first-order valence-electron chi connectivity index (χ1n) is 3.72. The molecular formula is C12H2N4. The summed E-state index contributed by atoms with van der Waals surface area (Å²) in [5.41, 5.74) is -1.24. The van der Waals surface area contributed by atoms with Gasteiger partial charge >= 0.3 is 0 Å². The van der Waals surface area contributed by atoms with Gasteiger partial charge in [0.2, 0.25) is 0 Å². The van der Waals surface area contributed by atoms with Crippen LogP contribution in [0.2, 0.25) is 0 Å². The molecule has 0 aliphatic heterocycles. The molecule has 0 bridgehead atoms. The normalized spacial score (nSPS) is 6.38. The summed E-state index contributed by atoms with van der Waals surface area (Å²) >= 11 is 0. The fourth-order valence-corrected chi connectivity index (χ4v) is 0.812. The molecule has 0 N–H and O–H groups in total. The first-order chi connectivity index (χ1) is 7.69. The van der Waals surface area contributed by atoms with Crippen LogP contribution in [0.4, 0.5) is 0 Å². The molecule has 0 heterocycles. The third-order valence-electron chi connectivity index (χ3n) is 1.49. The van der Waals surface area contributed by atoms with Crippen molar-refractivity contribution in [2.75, 3.05) is 0 Å². The van der Waals surface area contributed by atoms with Crippen LogP contribution < -0.4 is 0 Å². The van der Waals surface area contributed by atoms with Crippen LogP contribution in [-0.2, 0) is 0 Å². The van der Waals surface area contributed by atoms with Crippen molar-refractivity contribution in [1.29, 1.82) is 21.0 Å². The van der Waals surface area contributed by atoms with Crippen molar-refractivity contribution < 1.29 is 0 Å². The van der Waals surface area contributed by atoms with Gasteiger partial charge in [-0.05, 0) is 0 Å². The zero-order chi connectivity index (χ0) is 12.6. The van der Waals surface area contributed by atoms with E-state index in [4.69, 9.17) is 33.9 Å². The van der Waals surface area contributed by atoms with Crippen LogP contribution in [0.3, 0.4) is 0 Å². The highest BCUT2D eigenvalue weighted by Crippen LogP contribution is 2.16. The van der Waals surface area contributed by atoms with Gasteiger partial charge in [-0.3, -0.25) is 0 Å². The summed E-state index contributed by atoms with van der Waals surface area (Å²) in [7, 11) is 0. The van der Waals surface area contributed by atoms with E-state index in [1.54, 1.807) is 24.3 Å².